The van der Waals surface area contributed by atoms with Crippen LogP contribution in [0.25, 0.3) is 10.8 Å². The fourth-order valence-corrected chi connectivity index (χ4v) is 5.50. The number of halogens is 2. The molecule has 0 heterocycles. The van der Waals surface area contributed by atoms with Gasteiger partial charge in [0.2, 0.25) is 0 Å². The number of hydrogen-bond donors (Lipinski definition) is 4. The molecular formula is C33H28Cl2N4O6S. The third-order valence-electron chi connectivity index (χ3n) is 6.82. The number of carbonyl (C=O) groups is 1. The van der Waals surface area contributed by atoms with Gasteiger partial charge in [-0.1, -0.05) is 60.8 Å². The lowest BCUT2D eigenvalue weighted by Gasteiger charge is -2.13. The summed E-state index contributed by atoms with van der Waals surface area (Å²) in [4.78, 5) is 12.8. The number of fused-ring (bicyclic) bond motifs is 1. The van der Waals surface area contributed by atoms with Gasteiger partial charge >= 0.3 is 0 Å². The van der Waals surface area contributed by atoms with E-state index in [2.05, 4.69) is 27.8 Å². The number of aromatic hydroxyl groups is 1. The van der Waals surface area contributed by atoms with E-state index < -0.39 is 26.7 Å². The first-order valence-corrected chi connectivity index (χ1v) is 16.3. The third kappa shape index (κ3) is 7.75. The molecule has 0 spiro atoms. The van der Waals surface area contributed by atoms with Gasteiger partial charge in [-0.3, -0.25) is 9.35 Å². The zero-order chi connectivity index (χ0) is 32.8. The van der Waals surface area contributed by atoms with E-state index in [0.29, 0.717) is 33.8 Å². The van der Waals surface area contributed by atoms with Crippen molar-refractivity contribution in [3.8, 4) is 11.5 Å². The Bertz CT molecular complexity index is 2050. The average molecular weight is 680 g/mol. The lowest BCUT2D eigenvalue weighted by molar-refractivity contribution is 0.102. The van der Waals surface area contributed by atoms with Crippen LogP contribution in [0.15, 0.2) is 106 Å². The Morgan fingerprint density at radius 1 is 0.913 bits per heavy atom. The Hall–Kier alpha value is -4.68. The summed E-state index contributed by atoms with van der Waals surface area (Å²) >= 11 is 12.2. The Balaban J connectivity index is 1.46. The van der Waals surface area contributed by atoms with Crippen molar-refractivity contribution in [1.29, 1.82) is 0 Å². The molecule has 0 aromatic heterocycles. The number of anilines is 3. The van der Waals surface area contributed by atoms with Crippen molar-refractivity contribution >= 4 is 78.4 Å². The predicted molar refractivity (Wildman–Crippen MR) is 181 cm³/mol. The second kappa shape index (κ2) is 14.2. The molecule has 0 saturated carbocycles. The van der Waals surface area contributed by atoms with Crippen molar-refractivity contribution in [2.45, 2.75) is 24.7 Å². The molecule has 10 nitrogen and oxygen atoms in total. The van der Waals surface area contributed by atoms with E-state index in [0.717, 1.165) is 18.9 Å². The first-order valence-electron chi connectivity index (χ1n) is 14.1. The minimum absolute atomic E-state index is 0.0303. The number of nitrogens with one attached hydrogen (secondary N) is 2. The summed E-state index contributed by atoms with van der Waals surface area (Å²) in [7, 11) is -4.69. The van der Waals surface area contributed by atoms with Crippen molar-refractivity contribution < 1.29 is 27.6 Å². The van der Waals surface area contributed by atoms with Gasteiger partial charge in [0.05, 0.1) is 34.3 Å². The molecule has 0 bridgehead atoms. The predicted octanol–water partition coefficient (Wildman–Crippen LogP) is 9.69. The summed E-state index contributed by atoms with van der Waals surface area (Å²) in [5.74, 6) is -0.461. The smallest absolute Gasteiger partial charge is 0.296 e. The normalized spacial score (nSPS) is 11.6. The highest BCUT2D eigenvalue weighted by Crippen LogP contribution is 2.40. The number of rotatable bonds is 11. The molecule has 0 radical (unpaired) electrons. The van der Waals surface area contributed by atoms with Crippen LogP contribution in [0.4, 0.5) is 28.4 Å². The summed E-state index contributed by atoms with van der Waals surface area (Å²) in [5, 5.41) is 26.8. The number of carbonyl (C=O) groups excluding carboxylic acids is 1. The van der Waals surface area contributed by atoms with E-state index in [1.54, 1.807) is 54.6 Å². The Kier molecular flexibility index (Phi) is 10.1. The highest BCUT2D eigenvalue weighted by atomic mass is 35.5. The highest BCUT2D eigenvalue weighted by molar-refractivity contribution is 7.86. The second-order valence-corrected chi connectivity index (χ2v) is 12.4. The molecule has 0 aliphatic carbocycles. The van der Waals surface area contributed by atoms with Crippen LogP contribution in [0.1, 0.15) is 30.1 Å². The molecule has 1 amide bonds. The Labute approximate surface area is 275 Å². The molecule has 4 N–H and O–H groups in total. The molecule has 0 fully saturated rings. The van der Waals surface area contributed by atoms with Crippen LogP contribution < -0.4 is 15.4 Å². The van der Waals surface area contributed by atoms with Crippen molar-refractivity contribution in [2.24, 2.45) is 10.2 Å². The molecule has 13 heteroatoms. The van der Waals surface area contributed by atoms with Gasteiger partial charge < -0.3 is 20.5 Å². The number of benzene rings is 5. The monoisotopic (exact) mass is 678 g/mol. The van der Waals surface area contributed by atoms with Gasteiger partial charge in [-0.15, -0.1) is 5.11 Å². The first-order chi connectivity index (χ1) is 22.0. The molecule has 5 aromatic rings. The van der Waals surface area contributed by atoms with Crippen LogP contribution in [-0.2, 0) is 10.1 Å². The van der Waals surface area contributed by atoms with Crippen LogP contribution in [0.2, 0.25) is 10.0 Å². The van der Waals surface area contributed by atoms with E-state index in [-0.39, 0.29) is 33.3 Å². The van der Waals surface area contributed by atoms with Crippen molar-refractivity contribution in [2.75, 3.05) is 17.2 Å². The number of amides is 1. The number of phenolic OH excluding ortho intramolecular Hbond substituents is 1. The van der Waals surface area contributed by atoms with Crippen molar-refractivity contribution in [3.63, 3.8) is 0 Å². The molecule has 0 saturated heterocycles. The quantitative estimate of drug-likeness (QED) is 0.0617. The fraction of sp³-hybridized carbons (Fsp3) is 0.121. The third-order valence-corrected chi connectivity index (χ3v) is 8.28. The molecule has 0 atom stereocenters. The van der Waals surface area contributed by atoms with Crippen LogP contribution in [-0.4, -0.2) is 30.6 Å². The van der Waals surface area contributed by atoms with Gasteiger partial charge in [0.15, 0.2) is 5.75 Å². The van der Waals surface area contributed by atoms with Gasteiger partial charge in [0, 0.05) is 16.1 Å². The molecule has 236 valence electrons. The van der Waals surface area contributed by atoms with E-state index in [1.807, 2.05) is 0 Å². The largest absolute Gasteiger partial charge is 0.505 e. The number of unbranched alkanes of at least 4 members (excludes halogenated alkanes) is 1. The summed E-state index contributed by atoms with van der Waals surface area (Å²) < 4.78 is 40.3. The highest BCUT2D eigenvalue weighted by Gasteiger charge is 2.20. The molecule has 46 heavy (non-hydrogen) atoms. The molecular weight excluding hydrogens is 651 g/mol. The Morgan fingerprint density at radius 2 is 1.67 bits per heavy atom. The molecule has 5 rings (SSSR count). The number of nitrogens with zero attached hydrogens (tertiary/aromatic N) is 2. The maximum absolute atomic E-state index is 13.2. The van der Waals surface area contributed by atoms with Gasteiger partial charge in [-0.05, 0) is 78.5 Å². The number of azo groups is 1. The standard InChI is InChI=1S/C33H28Cl2N4O6S/c1-2-3-16-45-24-12-9-22(10-13-24)36-28-15-11-23(19-30(28)46(42,43)44)38-39-31-25-7-5-4-6-20(25)17-26(32(31)40)33(41)37-29-18-21(34)8-14-27(29)35/h4-15,17-19,36,40H,2-3,16H2,1H3,(H,37,41)(H,42,43,44). The van der Waals surface area contributed by atoms with E-state index in [9.17, 15) is 22.9 Å². The van der Waals surface area contributed by atoms with Crippen LogP contribution in [0.3, 0.4) is 0 Å². The van der Waals surface area contributed by atoms with Gasteiger partial charge in [-0.25, -0.2) is 0 Å². The summed E-state index contributed by atoms with van der Waals surface area (Å²) in [6.07, 6.45) is 1.94. The maximum Gasteiger partial charge on any atom is 0.296 e. The lowest BCUT2D eigenvalue weighted by atomic mass is 10.0. The molecule has 0 unspecified atom stereocenters. The van der Waals surface area contributed by atoms with E-state index in [4.69, 9.17) is 27.9 Å². The topological polar surface area (TPSA) is 150 Å². The number of ether oxygens (including phenoxy) is 1. The van der Waals surface area contributed by atoms with Crippen LogP contribution in [0, 0.1) is 0 Å². The van der Waals surface area contributed by atoms with Crippen molar-refractivity contribution in [3.05, 3.63) is 107 Å². The fourth-order valence-electron chi connectivity index (χ4n) is 4.50. The summed E-state index contributed by atoms with van der Waals surface area (Å²) in [6, 6.07) is 24.0. The SMILES string of the molecule is CCCCOc1ccc(Nc2ccc(N=Nc3c(O)c(C(=O)Nc4cc(Cl)ccc4Cl)cc4ccccc34)cc2S(=O)(=O)O)cc1. The maximum atomic E-state index is 13.2. The van der Waals surface area contributed by atoms with Gasteiger partial charge in [0.25, 0.3) is 16.0 Å². The zero-order valence-electron chi connectivity index (χ0n) is 24.4. The van der Waals surface area contributed by atoms with Crippen molar-refractivity contribution in [1.82, 2.24) is 0 Å². The van der Waals surface area contributed by atoms with Gasteiger partial charge in [-0.2, -0.15) is 13.5 Å². The van der Waals surface area contributed by atoms with Crippen LogP contribution in [0.5, 0.6) is 11.5 Å². The summed E-state index contributed by atoms with van der Waals surface area (Å²) in [6.45, 7) is 2.66. The zero-order valence-corrected chi connectivity index (χ0v) is 26.7. The van der Waals surface area contributed by atoms with Gasteiger partial charge in [0.1, 0.15) is 16.3 Å². The van der Waals surface area contributed by atoms with E-state index in [1.165, 1.54) is 30.3 Å². The number of hydrogen-bond acceptors (Lipinski definition) is 8. The molecule has 5 aromatic carbocycles. The Morgan fingerprint density at radius 3 is 2.41 bits per heavy atom. The minimum Gasteiger partial charge on any atom is -0.505 e. The van der Waals surface area contributed by atoms with Crippen LogP contribution >= 0.6 is 23.2 Å². The van der Waals surface area contributed by atoms with E-state index >= 15 is 0 Å². The first kappa shape index (κ1) is 32.7. The number of phenols is 1. The average Bonchev–Trinajstić information content (AvgIpc) is 3.03. The molecule has 0 aliphatic rings. The summed E-state index contributed by atoms with van der Waals surface area (Å²) in [5.41, 5.74) is 0.834. The minimum atomic E-state index is -4.69. The second-order valence-electron chi connectivity index (χ2n) is 10.1. The lowest BCUT2D eigenvalue weighted by Crippen LogP contribution is -2.12. The molecule has 0 aliphatic heterocycles.